The number of carboxylic acid groups (broad SMARTS) is 2. The number of para-hydroxylation sites is 1. The van der Waals surface area contributed by atoms with E-state index in [1.54, 1.807) is 42.6 Å². The zero-order valence-electron chi connectivity index (χ0n) is 42.1. The van der Waals surface area contributed by atoms with Crippen molar-refractivity contribution in [1.29, 1.82) is 0 Å². The standard InChI is InChI=1S/C50H70N14O11/c1-3-4-16-35(58-29(2)65)43(68)64-41(25-42(66)67)48(73)63-40(24-32-27-54-28-57-32)47(72)61-38(22-30-13-6-5-7-14-30)45(70)59-36(19-12-21-55-50(52)53)44(69)62-39(23-31-26-56-34-17-9-8-15-33(31)34)46(71)60-37(49(74)75)18-10-11-20-51/h5-9,13-15,17,26-28,35-41,56H,3-4,10-12,16,18-25,51H2,1-2H3,(H,54,57)(H,58,65)(H,59,70)(H,60,71)(H,61,72)(H,62,69)(H,63,73)(H,64,68)(H,66,67)(H,74,75)(H4,52,53,55)/t35-,36-,37-,38+,39-,40-,41-/m0/s1. The summed E-state index contributed by atoms with van der Waals surface area (Å²) in [6, 6.07) is 5.86. The van der Waals surface area contributed by atoms with Crippen LogP contribution in [0.1, 0.15) is 88.5 Å². The van der Waals surface area contributed by atoms with E-state index in [4.69, 9.17) is 17.2 Å². The molecule has 0 radical (unpaired) electrons. The van der Waals surface area contributed by atoms with Gasteiger partial charge in [-0.05, 0) is 62.3 Å². The highest BCUT2D eigenvalue weighted by Gasteiger charge is 2.35. The van der Waals surface area contributed by atoms with Gasteiger partial charge in [-0.2, -0.15) is 0 Å². The van der Waals surface area contributed by atoms with E-state index in [0.717, 1.165) is 10.9 Å². The van der Waals surface area contributed by atoms with Gasteiger partial charge < -0.3 is 74.6 Å². The van der Waals surface area contributed by atoms with Crippen LogP contribution in [-0.4, -0.2) is 140 Å². The minimum absolute atomic E-state index is 0.0272. The van der Waals surface area contributed by atoms with Crippen LogP contribution in [0.3, 0.4) is 0 Å². The number of nitrogens with two attached hydrogens (primary N) is 3. The Balaban J connectivity index is 1.68. The van der Waals surface area contributed by atoms with Crippen molar-refractivity contribution in [2.24, 2.45) is 22.2 Å². The van der Waals surface area contributed by atoms with E-state index in [9.17, 15) is 53.4 Å². The number of carbonyl (C=O) groups is 9. The molecule has 4 rings (SSSR count). The number of guanidine groups is 1. The molecule has 17 N–H and O–H groups in total. The lowest BCUT2D eigenvalue weighted by Crippen LogP contribution is -2.61. The highest BCUT2D eigenvalue weighted by atomic mass is 16.4. The number of unbranched alkanes of at least 4 members (excludes halogenated alkanes) is 2. The summed E-state index contributed by atoms with van der Waals surface area (Å²) in [5, 5.41) is 38.7. The molecule has 0 aliphatic carbocycles. The van der Waals surface area contributed by atoms with Crippen LogP contribution in [0, 0.1) is 0 Å². The van der Waals surface area contributed by atoms with Gasteiger partial charge in [-0.3, -0.25) is 43.3 Å². The van der Waals surface area contributed by atoms with Crippen LogP contribution in [0.5, 0.6) is 0 Å². The number of hydrogen-bond donors (Lipinski definition) is 14. The molecule has 25 heteroatoms. The van der Waals surface area contributed by atoms with Crippen LogP contribution in [-0.2, 0) is 62.4 Å². The second-order valence-corrected chi connectivity index (χ2v) is 18.0. The topological polar surface area (TPSA) is 413 Å². The Morgan fingerprint density at radius 3 is 1.73 bits per heavy atom. The number of aromatic amines is 2. The lowest BCUT2D eigenvalue weighted by atomic mass is 10.0. The van der Waals surface area contributed by atoms with Gasteiger partial charge in [0.05, 0.1) is 12.7 Å². The van der Waals surface area contributed by atoms with E-state index in [1.165, 1.54) is 19.4 Å². The third-order valence-electron chi connectivity index (χ3n) is 12.0. The Hall–Kier alpha value is -8.35. The maximum Gasteiger partial charge on any atom is 0.326 e. The molecule has 0 bridgehead atoms. The van der Waals surface area contributed by atoms with Gasteiger partial charge in [0, 0.05) is 61.7 Å². The number of carbonyl (C=O) groups excluding carboxylic acids is 7. The Bertz CT molecular complexity index is 2570. The van der Waals surface area contributed by atoms with Gasteiger partial charge in [0.1, 0.15) is 42.3 Å². The zero-order chi connectivity index (χ0) is 54.9. The van der Waals surface area contributed by atoms with Crippen molar-refractivity contribution in [1.82, 2.24) is 52.2 Å². The quantitative estimate of drug-likeness (QED) is 0.0159. The van der Waals surface area contributed by atoms with Crippen LogP contribution in [0.25, 0.3) is 10.9 Å². The number of aliphatic imine (C=N–C) groups is 1. The Morgan fingerprint density at radius 2 is 1.15 bits per heavy atom. The van der Waals surface area contributed by atoms with Gasteiger partial charge in [0.25, 0.3) is 0 Å². The first-order valence-corrected chi connectivity index (χ1v) is 24.7. The number of amides is 7. The Labute approximate surface area is 433 Å². The summed E-state index contributed by atoms with van der Waals surface area (Å²) in [6.07, 6.45) is 5.34. The van der Waals surface area contributed by atoms with Crippen molar-refractivity contribution in [2.75, 3.05) is 13.1 Å². The number of H-pyrrole nitrogens is 2. The normalized spacial score (nSPS) is 13.8. The number of rotatable bonds is 33. The summed E-state index contributed by atoms with van der Waals surface area (Å²) in [5.74, 6) is -8.86. The van der Waals surface area contributed by atoms with E-state index >= 15 is 0 Å². The molecule has 0 aliphatic heterocycles. The molecule has 0 aliphatic rings. The largest absolute Gasteiger partial charge is 0.481 e. The highest BCUT2D eigenvalue weighted by Crippen LogP contribution is 2.20. The smallest absolute Gasteiger partial charge is 0.326 e. The van der Waals surface area contributed by atoms with E-state index in [0.29, 0.717) is 49.0 Å². The summed E-state index contributed by atoms with van der Waals surface area (Å²) in [6.45, 7) is 3.42. The molecular formula is C50H70N14O11. The summed E-state index contributed by atoms with van der Waals surface area (Å²) in [4.78, 5) is 135. The van der Waals surface area contributed by atoms with Gasteiger partial charge in [0.15, 0.2) is 5.96 Å². The number of imidazole rings is 1. The number of aromatic nitrogens is 3. The van der Waals surface area contributed by atoms with Crippen LogP contribution >= 0.6 is 0 Å². The summed E-state index contributed by atoms with van der Waals surface area (Å²) in [5.41, 5.74) is 19.0. The van der Waals surface area contributed by atoms with E-state index in [1.807, 2.05) is 25.1 Å². The molecule has 75 heavy (non-hydrogen) atoms. The van der Waals surface area contributed by atoms with Crippen molar-refractivity contribution in [3.05, 3.63) is 90.1 Å². The van der Waals surface area contributed by atoms with Crippen LogP contribution < -0.4 is 54.4 Å². The molecule has 2 aromatic heterocycles. The predicted octanol–water partition coefficient (Wildman–Crippen LogP) is -0.736. The first kappa shape index (κ1) is 59.2. The minimum atomic E-state index is -1.72. The zero-order valence-corrected chi connectivity index (χ0v) is 42.1. The van der Waals surface area contributed by atoms with Crippen LogP contribution in [0.2, 0.25) is 0 Å². The molecule has 0 fully saturated rings. The number of hydrogen-bond acceptors (Lipinski definition) is 12. The number of benzene rings is 2. The fourth-order valence-electron chi connectivity index (χ4n) is 8.08. The van der Waals surface area contributed by atoms with Crippen LogP contribution in [0.15, 0.2) is 78.3 Å². The van der Waals surface area contributed by atoms with E-state index in [-0.39, 0.29) is 57.5 Å². The molecule has 0 saturated heterocycles. The maximum absolute atomic E-state index is 14.7. The molecule has 7 amide bonds. The molecule has 0 unspecified atom stereocenters. The van der Waals surface area contributed by atoms with Crippen molar-refractivity contribution in [2.45, 2.75) is 133 Å². The van der Waals surface area contributed by atoms with Gasteiger partial charge in [-0.1, -0.05) is 68.3 Å². The van der Waals surface area contributed by atoms with Crippen molar-refractivity contribution in [3.63, 3.8) is 0 Å². The second-order valence-electron chi connectivity index (χ2n) is 18.0. The number of aliphatic carboxylic acids is 2. The lowest BCUT2D eigenvalue weighted by molar-refractivity contribution is -0.142. The van der Waals surface area contributed by atoms with Crippen molar-refractivity contribution in [3.8, 4) is 0 Å². The van der Waals surface area contributed by atoms with Crippen molar-refractivity contribution < 1.29 is 53.4 Å². The average Bonchev–Trinajstić information content (AvgIpc) is 4.04. The fourth-order valence-corrected chi connectivity index (χ4v) is 8.08. The number of nitrogens with zero attached hydrogens (tertiary/aromatic N) is 2. The molecule has 7 atom stereocenters. The highest BCUT2D eigenvalue weighted by molar-refractivity contribution is 5.98. The number of fused-ring (bicyclic) bond motifs is 1. The molecular weight excluding hydrogens is 973 g/mol. The fraction of sp³-hybridized carbons (Fsp3) is 0.460. The Kier molecular flexibility index (Phi) is 24.2. The van der Waals surface area contributed by atoms with E-state index in [2.05, 4.69) is 57.2 Å². The molecule has 0 saturated carbocycles. The molecule has 406 valence electrons. The second kappa shape index (κ2) is 30.6. The van der Waals surface area contributed by atoms with Crippen LogP contribution in [0.4, 0.5) is 0 Å². The summed E-state index contributed by atoms with van der Waals surface area (Å²) < 4.78 is 0. The Morgan fingerprint density at radius 1 is 0.613 bits per heavy atom. The van der Waals surface area contributed by atoms with Gasteiger partial charge in [0.2, 0.25) is 41.4 Å². The maximum atomic E-state index is 14.7. The lowest BCUT2D eigenvalue weighted by Gasteiger charge is -2.28. The minimum Gasteiger partial charge on any atom is -0.481 e. The predicted molar refractivity (Wildman–Crippen MR) is 276 cm³/mol. The first-order valence-electron chi connectivity index (χ1n) is 24.7. The SMILES string of the molecule is CCCC[C@H](NC(C)=O)C(=O)N[C@@H](CC(=O)O)C(=O)N[C@@H](Cc1cnc[nH]1)C(=O)N[C@H](Cc1ccccc1)C(=O)N[C@@H](CCCN=C(N)N)C(=O)N[C@@H](Cc1c[nH]c2ccccc12)C(=O)N[C@@H](CCCCN)C(=O)O. The first-order chi connectivity index (χ1) is 35.9. The van der Waals surface area contributed by atoms with Gasteiger partial charge >= 0.3 is 11.9 Å². The molecule has 25 nitrogen and oxygen atoms in total. The third-order valence-corrected chi connectivity index (χ3v) is 12.0. The monoisotopic (exact) mass is 1040 g/mol. The number of carboxylic acids is 2. The number of nitrogens with one attached hydrogen (secondary N) is 9. The average molecular weight is 1040 g/mol. The summed E-state index contributed by atoms with van der Waals surface area (Å²) in [7, 11) is 0. The molecule has 2 heterocycles. The molecule has 2 aromatic carbocycles. The van der Waals surface area contributed by atoms with Gasteiger partial charge in [-0.15, -0.1) is 0 Å². The van der Waals surface area contributed by atoms with Crippen molar-refractivity contribution >= 4 is 70.2 Å². The molecule has 0 spiro atoms. The van der Waals surface area contributed by atoms with Gasteiger partial charge in [-0.25, -0.2) is 9.78 Å². The van der Waals surface area contributed by atoms with E-state index < -0.39 is 102 Å². The third kappa shape index (κ3) is 20.2. The molecule has 4 aromatic rings. The summed E-state index contributed by atoms with van der Waals surface area (Å²) >= 11 is 0.